The SMILES string of the molecule is CC(C)CCN(C1CC1)S(=O)(=O)c1ccc(CO)cc1Br. The van der Waals surface area contributed by atoms with E-state index >= 15 is 0 Å². The van der Waals surface area contributed by atoms with E-state index in [9.17, 15) is 8.42 Å². The number of hydrogen-bond acceptors (Lipinski definition) is 3. The standard InChI is InChI=1S/C15H22BrNO3S/c1-11(2)7-8-17(13-4-5-13)21(19,20)15-6-3-12(10-18)9-14(15)16/h3,6,9,11,13,18H,4-5,7-8,10H2,1-2H3. The highest BCUT2D eigenvalue weighted by Gasteiger charge is 2.38. The van der Waals surface area contributed by atoms with E-state index in [-0.39, 0.29) is 17.5 Å². The van der Waals surface area contributed by atoms with Crippen molar-refractivity contribution in [1.29, 1.82) is 0 Å². The average Bonchev–Trinajstić information content (AvgIpc) is 3.22. The highest BCUT2D eigenvalue weighted by Crippen LogP contribution is 2.35. The fourth-order valence-corrected chi connectivity index (χ4v) is 5.01. The maximum Gasteiger partial charge on any atom is 0.244 e. The molecule has 0 atom stereocenters. The number of aliphatic hydroxyl groups excluding tert-OH is 1. The zero-order chi connectivity index (χ0) is 15.6. The average molecular weight is 376 g/mol. The summed E-state index contributed by atoms with van der Waals surface area (Å²) in [5.41, 5.74) is 0.695. The van der Waals surface area contributed by atoms with Gasteiger partial charge < -0.3 is 5.11 Å². The highest BCUT2D eigenvalue weighted by atomic mass is 79.9. The minimum atomic E-state index is -3.48. The predicted octanol–water partition coefficient (Wildman–Crippen LogP) is 3.14. The molecule has 4 nitrogen and oxygen atoms in total. The third-order valence-corrected chi connectivity index (χ3v) is 6.58. The summed E-state index contributed by atoms with van der Waals surface area (Å²) in [6.45, 7) is 4.67. The van der Waals surface area contributed by atoms with E-state index in [0.29, 0.717) is 22.5 Å². The monoisotopic (exact) mass is 375 g/mol. The van der Waals surface area contributed by atoms with Crippen LogP contribution in [0.5, 0.6) is 0 Å². The summed E-state index contributed by atoms with van der Waals surface area (Å²) in [6, 6.07) is 5.06. The Kier molecular flexibility index (Phi) is 5.46. The normalized spacial score (nSPS) is 15.9. The third kappa shape index (κ3) is 4.06. The quantitative estimate of drug-likeness (QED) is 0.796. The lowest BCUT2D eigenvalue weighted by molar-refractivity contribution is 0.281. The van der Waals surface area contributed by atoms with Gasteiger partial charge in [-0.1, -0.05) is 19.9 Å². The van der Waals surface area contributed by atoms with Crippen LogP contribution in [-0.2, 0) is 16.6 Å². The first-order valence-electron chi connectivity index (χ1n) is 7.27. The molecule has 2 rings (SSSR count). The summed E-state index contributed by atoms with van der Waals surface area (Å²) in [6.07, 6.45) is 2.76. The van der Waals surface area contributed by atoms with E-state index in [2.05, 4.69) is 29.8 Å². The van der Waals surface area contributed by atoms with Crippen molar-refractivity contribution in [2.24, 2.45) is 5.92 Å². The van der Waals surface area contributed by atoms with Gasteiger partial charge in [-0.05, 0) is 58.8 Å². The van der Waals surface area contributed by atoms with Crippen molar-refractivity contribution in [3.63, 3.8) is 0 Å². The van der Waals surface area contributed by atoms with Gasteiger partial charge in [0, 0.05) is 17.1 Å². The molecule has 1 aliphatic rings. The van der Waals surface area contributed by atoms with E-state index < -0.39 is 10.0 Å². The van der Waals surface area contributed by atoms with Crippen molar-refractivity contribution in [3.8, 4) is 0 Å². The molecule has 1 aliphatic carbocycles. The topological polar surface area (TPSA) is 57.6 Å². The Morgan fingerprint density at radius 3 is 2.52 bits per heavy atom. The molecule has 0 bridgehead atoms. The molecule has 0 radical (unpaired) electrons. The Hall–Kier alpha value is -0.430. The molecular weight excluding hydrogens is 354 g/mol. The van der Waals surface area contributed by atoms with Crippen LogP contribution in [0.2, 0.25) is 0 Å². The molecule has 0 saturated heterocycles. The number of hydrogen-bond donors (Lipinski definition) is 1. The van der Waals surface area contributed by atoms with Gasteiger partial charge in [-0.3, -0.25) is 0 Å². The number of rotatable bonds is 7. The molecule has 0 heterocycles. The first-order valence-corrected chi connectivity index (χ1v) is 9.50. The van der Waals surface area contributed by atoms with Crippen LogP contribution in [-0.4, -0.2) is 30.4 Å². The Balaban J connectivity index is 2.29. The summed E-state index contributed by atoms with van der Waals surface area (Å²) < 4.78 is 27.9. The molecule has 21 heavy (non-hydrogen) atoms. The van der Waals surface area contributed by atoms with Crippen LogP contribution in [0.3, 0.4) is 0 Å². The van der Waals surface area contributed by atoms with Crippen molar-refractivity contribution in [2.75, 3.05) is 6.54 Å². The fraction of sp³-hybridized carbons (Fsp3) is 0.600. The summed E-state index contributed by atoms with van der Waals surface area (Å²) in [5.74, 6) is 0.474. The fourth-order valence-electron chi connectivity index (χ4n) is 2.23. The molecule has 0 spiro atoms. The molecule has 118 valence electrons. The molecular formula is C15H22BrNO3S. The second-order valence-corrected chi connectivity index (χ2v) is 8.67. The summed E-state index contributed by atoms with van der Waals surface area (Å²) in [4.78, 5) is 0.287. The lowest BCUT2D eigenvalue weighted by Crippen LogP contribution is -2.34. The zero-order valence-corrected chi connectivity index (χ0v) is 14.8. The number of benzene rings is 1. The minimum absolute atomic E-state index is 0.0986. The maximum absolute atomic E-state index is 12.9. The van der Waals surface area contributed by atoms with Crippen molar-refractivity contribution >= 4 is 26.0 Å². The molecule has 1 N–H and O–H groups in total. The smallest absolute Gasteiger partial charge is 0.244 e. The zero-order valence-electron chi connectivity index (χ0n) is 12.4. The number of nitrogens with zero attached hydrogens (tertiary/aromatic N) is 1. The van der Waals surface area contributed by atoms with E-state index in [1.807, 2.05) is 0 Å². The Bertz CT molecular complexity index is 597. The lowest BCUT2D eigenvalue weighted by atomic mass is 10.1. The summed E-state index contributed by atoms with van der Waals surface area (Å²) in [5, 5.41) is 9.13. The summed E-state index contributed by atoms with van der Waals surface area (Å²) >= 11 is 3.32. The van der Waals surface area contributed by atoms with Gasteiger partial charge in [0.2, 0.25) is 10.0 Å². The van der Waals surface area contributed by atoms with Gasteiger partial charge >= 0.3 is 0 Å². The second-order valence-electron chi connectivity index (χ2n) is 5.95. The van der Waals surface area contributed by atoms with Crippen molar-refractivity contribution in [3.05, 3.63) is 28.2 Å². The van der Waals surface area contributed by atoms with E-state index in [1.165, 1.54) is 0 Å². The van der Waals surface area contributed by atoms with Gasteiger partial charge in [0.05, 0.1) is 11.5 Å². The van der Waals surface area contributed by atoms with E-state index in [0.717, 1.165) is 19.3 Å². The molecule has 0 aliphatic heterocycles. The Labute approximate surface area is 135 Å². The molecule has 1 aromatic rings. The van der Waals surface area contributed by atoms with Gasteiger partial charge in [-0.2, -0.15) is 4.31 Å². The van der Waals surface area contributed by atoms with Crippen LogP contribution < -0.4 is 0 Å². The van der Waals surface area contributed by atoms with Crippen LogP contribution >= 0.6 is 15.9 Å². The Morgan fingerprint density at radius 1 is 1.38 bits per heavy atom. The largest absolute Gasteiger partial charge is 0.392 e. The van der Waals surface area contributed by atoms with E-state index in [4.69, 9.17) is 5.11 Å². The molecule has 1 saturated carbocycles. The van der Waals surface area contributed by atoms with E-state index in [1.54, 1.807) is 22.5 Å². The summed E-state index contributed by atoms with van der Waals surface area (Å²) in [7, 11) is -3.48. The molecule has 0 aromatic heterocycles. The first kappa shape index (κ1) is 16.9. The van der Waals surface area contributed by atoms with Gasteiger partial charge in [-0.15, -0.1) is 0 Å². The van der Waals surface area contributed by atoms with Crippen LogP contribution in [0.15, 0.2) is 27.6 Å². The lowest BCUT2D eigenvalue weighted by Gasteiger charge is -2.23. The van der Waals surface area contributed by atoms with Crippen LogP contribution in [0.4, 0.5) is 0 Å². The Morgan fingerprint density at radius 2 is 2.05 bits per heavy atom. The second kappa shape index (κ2) is 6.77. The van der Waals surface area contributed by atoms with Crippen molar-refractivity contribution in [1.82, 2.24) is 4.31 Å². The van der Waals surface area contributed by atoms with Crippen LogP contribution in [0.1, 0.15) is 38.7 Å². The minimum Gasteiger partial charge on any atom is -0.392 e. The van der Waals surface area contributed by atoms with Crippen molar-refractivity contribution in [2.45, 2.75) is 50.7 Å². The van der Waals surface area contributed by atoms with Crippen LogP contribution in [0.25, 0.3) is 0 Å². The van der Waals surface area contributed by atoms with Gasteiger partial charge in [0.25, 0.3) is 0 Å². The predicted molar refractivity (Wildman–Crippen MR) is 86.4 cm³/mol. The van der Waals surface area contributed by atoms with Crippen LogP contribution in [0, 0.1) is 5.92 Å². The van der Waals surface area contributed by atoms with Crippen molar-refractivity contribution < 1.29 is 13.5 Å². The first-order chi connectivity index (χ1) is 9.86. The maximum atomic E-state index is 12.9. The molecule has 1 aromatic carbocycles. The molecule has 0 unspecified atom stereocenters. The number of sulfonamides is 1. The van der Waals surface area contributed by atoms with Gasteiger partial charge in [0.15, 0.2) is 0 Å². The molecule has 1 fully saturated rings. The number of halogens is 1. The third-order valence-electron chi connectivity index (χ3n) is 3.65. The number of aliphatic hydroxyl groups is 1. The van der Waals surface area contributed by atoms with Gasteiger partial charge in [-0.25, -0.2) is 8.42 Å². The molecule has 0 amide bonds. The highest BCUT2D eigenvalue weighted by molar-refractivity contribution is 9.10. The molecule has 6 heteroatoms. The van der Waals surface area contributed by atoms with Gasteiger partial charge in [0.1, 0.15) is 0 Å².